The number of carbonyl (C=O) groups is 1. The van der Waals surface area contributed by atoms with Crippen molar-refractivity contribution in [3.8, 4) is 0 Å². The Hall–Kier alpha value is -1.62. The van der Waals surface area contributed by atoms with Gasteiger partial charge < -0.3 is 4.74 Å². The third kappa shape index (κ3) is 5.19. The monoisotopic (exact) mass is 361 g/mol. The minimum Gasteiger partial charge on any atom is -0.443 e. The maximum absolute atomic E-state index is 12.9. The maximum atomic E-state index is 12.9. The number of pyridine rings is 1. The van der Waals surface area contributed by atoms with Crippen molar-refractivity contribution >= 4 is 11.9 Å². The number of likely N-dealkylation sites (tertiary alicyclic amines) is 1. The topological polar surface area (TPSA) is 45.7 Å². The Bertz CT molecular complexity index is 595. The van der Waals surface area contributed by atoms with Gasteiger partial charge in [0.1, 0.15) is 11.4 Å². The molecular formula is C21H35N3O2. The second-order valence-electron chi connectivity index (χ2n) is 8.41. The summed E-state index contributed by atoms with van der Waals surface area (Å²) in [5.74, 6) is 0.741. The number of hydrogen-bond donors (Lipinski definition) is 0. The van der Waals surface area contributed by atoms with Crippen LogP contribution in [0.1, 0.15) is 78.8 Å². The Morgan fingerprint density at radius 2 is 2.15 bits per heavy atom. The highest BCUT2D eigenvalue weighted by molar-refractivity contribution is 5.88. The van der Waals surface area contributed by atoms with Crippen molar-refractivity contribution < 1.29 is 9.53 Å². The highest BCUT2D eigenvalue weighted by atomic mass is 16.6. The molecule has 0 bridgehead atoms. The fourth-order valence-electron chi connectivity index (χ4n) is 3.53. The van der Waals surface area contributed by atoms with Crippen molar-refractivity contribution in [3.05, 3.63) is 23.9 Å². The second-order valence-corrected chi connectivity index (χ2v) is 8.41. The predicted octanol–water partition coefficient (Wildman–Crippen LogP) is 5.17. The van der Waals surface area contributed by atoms with Gasteiger partial charge in [0.25, 0.3) is 0 Å². The first-order chi connectivity index (χ1) is 12.2. The molecule has 1 aromatic rings. The van der Waals surface area contributed by atoms with Crippen LogP contribution in [-0.2, 0) is 4.74 Å². The molecule has 2 rings (SSSR count). The van der Waals surface area contributed by atoms with Crippen LogP contribution in [0.25, 0.3) is 0 Å². The lowest BCUT2D eigenvalue weighted by Crippen LogP contribution is -2.42. The Morgan fingerprint density at radius 3 is 2.77 bits per heavy atom. The van der Waals surface area contributed by atoms with Gasteiger partial charge in [0.2, 0.25) is 0 Å². The van der Waals surface area contributed by atoms with E-state index in [0.717, 1.165) is 30.9 Å². The molecule has 26 heavy (non-hydrogen) atoms. The lowest BCUT2D eigenvalue weighted by Gasteiger charge is -2.33. The Labute approximate surface area is 158 Å². The van der Waals surface area contributed by atoms with E-state index in [9.17, 15) is 4.79 Å². The van der Waals surface area contributed by atoms with E-state index in [1.165, 1.54) is 19.3 Å². The molecule has 1 aliphatic rings. The van der Waals surface area contributed by atoms with Crippen molar-refractivity contribution in [1.82, 2.24) is 9.88 Å². The van der Waals surface area contributed by atoms with Gasteiger partial charge >= 0.3 is 6.09 Å². The minimum atomic E-state index is -0.528. The zero-order chi connectivity index (χ0) is 19.3. The average Bonchev–Trinajstić information content (AvgIpc) is 2.99. The Kier molecular flexibility index (Phi) is 7.04. The number of rotatable bonds is 6. The van der Waals surface area contributed by atoms with Crippen molar-refractivity contribution in [1.29, 1.82) is 0 Å². The zero-order valence-corrected chi connectivity index (χ0v) is 17.3. The van der Waals surface area contributed by atoms with E-state index < -0.39 is 5.60 Å². The number of ether oxygens (including phenoxy) is 1. The van der Waals surface area contributed by atoms with Crippen LogP contribution in [0.2, 0.25) is 0 Å². The molecule has 2 heterocycles. The molecule has 1 atom stereocenters. The van der Waals surface area contributed by atoms with Crippen LogP contribution >= 0.6 is 0 Å². The van der Waals surface area contributed by atoms with Crippen LogP contribution in [-0.4, -0.2) is 40.7 Å². The number of unbranched alkanes of at least 4 members (excludes halogenated alkanes) is 1. The van der Waals surface area contributed by atoms with E-state index in [1.54, 1.807) is 11.1 Å². The SMILES string of the molecule is CCCCN1CCC[C@H]1c1cccnc1N(C(=O)OC(C)(C)C)C(C)C. The zero-order valence-electron chi connectivity index (χ0n) is 17.3. The lowest BCUT2D eigenvalue weighted by atomic mass is 10.0. The van der Waals surface area contributed by atoms with Crippen LogP contribution in [0.5, 0.6) is 0 Å². The first kappa shape index (κ1) is 20.7. The average molecular weight is 362 g/mol. The summed E-state index contributed by atoms with van der Waals surface area (Å²) < 4.78 is 5.66. The molecule has 0 N–H and O–H groups in total. The van der Waals surface area contributed by atoms with E-state index in [4.69, 9.17) is 4.74 Å². The van der Waals surface area contributed by atoms with Gasteiger partial charge in [-0.2, -0.15) is 0 Å². The van der Waals surface area contributed by atoms with Crippen molar-refractivity contribution in [2.75, 3.05) is 18.0 Å². The van der Waals surface area contributed by atoms with Gasteiger partial charge in [-0.3, -0.25) is 9.80 Å². The third-order valence-electron chi connectivity index (χ3n) is 4.67. The number of hydrogen-bond acceptors (Lipinski definition) is 4. The molecule has 5 nitrogen and oxygen atoms in total. The molecule has 0 aliphatic carbocycles. The molecule has 5 heteroatoms. The standard InChI is InChI=1S/C21H35N3O2/c1-7-8-14-23-15-10-12-18(23)17-11-9-13-22-19(17)24(16(2)3)20(25)26-21(4,5)6/h9,11,13,16,18H,7-8,10,12,14-15H2,1-6H3/t18-/m0/s1. The smallest absolute Gasteiger partial charge is 0.416 e. The molecule has 0 aromatic carbocycles. The normalized spacial score (nSPS) is 18.3. The van der Waals surface area contributed by atoms with Crippen molar-refractivity contribution in [2.45, 2.75) is 84.9 Å². The summed E-state index contributed by atoms with van der Waals surface area (Å²) in [4.78, 5) is 21.7. The summed E-state index contributed by atoms with van der Waals surface area (Å²) in [5.41, 5.74) is 0.611. The number of nitrogens with zero attached hydrogens (tertiary/aromatic N) is 3. The van der Waals surface area contributed by atoms with E-state index in [1.807, 2.05) is 40.7 Å². The number of aromatic nitrogens is 1. The van der Waals surface area contributed by atoms with Gasteiger partial charge in [0.15, 0.2) is 0 Å². The van der Waals surface area contributed by atoms with Crippen LogP contribution in [0.15, 0.2) is 18.3 Å². The maximum Gasteiger partial charge on any atom is 0.416 e. The number of amides is 1. The summed E-state index contributed by atoms with van der Waals surface area (Å²) in [7, 11) is 0. The van der Waals surface area contributed by atoms with Gasteiger partial charge in [-0.15, -0.1) is 0 Å². The molecule has 1 aromatic heterocycles. The molecule has 1 saturated heterocycles. The molecule has 1 aliphatic heterocycles. The number of carbonyl (C=O) groups excluding carboxylic acids is 1. The summed E-state index contributed by atoms with van der Waals surface area (Å²) in [6.45, 7) is 14.1. The molecule has 0 unspecified atom stereocenters. The second kappa shape index (κ2) is 8.85. The van der Waals surface area contributed by atoms with E-state index >= 15 is 0 Å². The van der Waals surface area contributed by atoms with Crippen molar-refractivity contribution in [2.24, 2.45) is 0 Å². The van der Waals surface area contributed by atoms with Gasteiger partial charge in [0, 0.05) is 23.8 Å². The van der Waals surface area contributed by atoms with E-state index in [-0.39, 0.29) is 12.1 Å². The van der Waals surface area contributed by atoms with Gasteiger partial charge in [0.05, 0.1) is 0 Å². The van der Waals surface area contributed by atoms with Crippen molar-refractivity contribution in [3.63, 3.8) is 0 Å². The molecule has 1 amide bonds. The Balaban J connectivity index is 2.34. The summed E-state index contributed by atoms with van der Waals surface area (Å²) in [6, 6.07) is 4.40. The quantitative estimate of drug-likeness (QED) is 0.701. The largest absolute Gasteiger partial charge is 0.443 e. The predicted molar refractivity (Wildman–Crippen MR) is 107 cm³/mol. The molecule has 1 fully saturated rings. The molecular weight excluding hydrogens is 326 g/mol. The molecule has 0 saturated carbocycles. The highest BCUT2D eigenvalue weighted by Gasteiger charge is 2.33. The Morgan fingerprint density at radius 1 is 1.42 bits per heavy atom. The molecule has 146 valence electrons. The fourth-order valence-corrected chi connectivity index (χ4v) is 3.53. The van der Waals surface area contributed by atoms with Crippen LogP contribution < -0.4 is 4.90 Å². The fraction of sp³-hybridized carbons (Fsp3) is 0.714. The molecule has 0 radical (unpaired) electrons. The first-order valence-corrected chi connectivity index (χ1v) is 9.95. The van der Waals surface area contributed by atoms with Gasteiger partial charge in [-0.1, -0.05) is 19.4 Å². The van der Waals surface area contributed by atoms with Gasteiger partial charge in [-0.05, 0) is 73.0 Å². The van der Waals surface area contributed by atoms with Crippen LogP contribution in [0.3, 0.4) is 0 Å². The summed E-state index contributed by atoms with van der Waals surface area (Å²) >= 11 is 0. The van der Waals surface area contributed by atoms with E-state index in [2.05, 4.69) is 22.9 Å². The van der Waals surface area contributed by atoms with Gasteiger partial charge in [-0.25, -0.2) is 9.78 Å². The third-order valence-corrected chi connectivity index (χ3v) is 4.67. The van der Waals surface area contributed by atoms with Crippen LogP contribution in [0.4, 0.5) is 10.6 Å². The lowest BCUT2D eigenvalue weighted by molar-refractivity contribution is 0.0568. The van der Waals surface area contributed by atoms with Crippen LogP contribution in [0, 0.1) is 0 Å². The molecule has 0 spiro atoms. The first-order valence-electron chi connectivity index (χ1n) is 9.95. The summed E-state index contributed by atoms with van der Waals surface area (Å²) in [5, 5.41) is 0. The number of anilines is 1. The minimum absolute atomic E-state index is 0.0241. The highest BCUT2D eigenvalue weighted by Crippen LogP contribution is 2.37. The summed E-state index contributed by atoms with van der Waals surface area (Å²) in [6.07, 6.45) is 6.14. The van der Waals surface area contributed by atoms with E-state index in [0.29, 0.717) is 6.04 Å².